The van der Waals surface area contributed by atoms with Crippen molar-refractivity contribution in [3.05, 3.63) is 77.9 Å². The molecule has 36 heavy (non-hydrogen) atoms. The van der Waals surface area contributed by atoms with Gasteiger partial charge in [0, 0.05) is 5.56 Å². The van der Waals surface area contributed by atoms with Crippen molar-refractivity contribution in [3.8, 4) is 28.7 Å². The largest absolute Gasteiger partial charge is 0.495 e. The molecular formula is C28H29NO7. The topological polar surface area (TPSA) is 92.3 Å². The SMILES string of the molecule is CCOc1cc(/C=C/C(=O)c2ccc(OC)c(OC)c2)ccc1OCC(=O)Nc1ccccc1OC. The second-order valence-corrected chi connectivity index (χ2v) is 7.44. The number of rotatable bonds is 12. The zero-order valence-electron chi connectivity index (χ0n) is 20.7. The van der Waals surface area contributed by atoms with E-state index >= 15 is 0 Å². The average Bonchev–Trinajstić information content (AvgIpc) is 2.91. The van der Waals surface area contributed by atoms with Gasteiger partial charge in [-0.1, -0.05) is 24.3 Å². The molecule has 188 valence electrons. The number of allylic oxidation sites excluding steroid dienone is 1. The average molecular weight is 492 g/mol. The van der Waals surface area contributed by atoms with Crippen LogP contribution in [0.5, 0.6) is 28.7 Å². The molecule has 3 rings (SSSR count). The summed E-state index contributed by atoms with van der Waals surface area (Å²) in [4.78, 5) is 25.0. The van der Waals surface area contributed by atoms with E-state index in [1.165, 1.54) is 27.4 Å². The minimum atomic E-state index is -0.341. The molecule has 0 heterocycles. The van der Waals surface area contributed by atoms with Crippen LogP contribution in [0.4, 0.5) is 5.69 Å². The van der Waals surface area contributed by atoms with Crippen LogP contribution in [0, 0.1) is 0 Å². The van der Waals surface area contributed by atoms with Gasteiger partial charge in [-0.15, -0.1) is 0 Å². The third-order valence-corrected chi connectivity index (χ3v) is 5.10. The van der Waals surface area contributed by atoms with Crippen molar-refractivity contribution in [2.75, 3.05) is 39.9 Å². The predicted molar refractivity (Wildman–Crippen MR) is 138 cm³/mol. The van der Waals surface area contributed by atoms with Gasteiger partial charge < -0.3 is 29.0 Å². The summed E-state index contributed by atoms with van der Waals surface area (Å²) < 4.78 is 27.1. The lowest BCUT2D eigenvalue weighted by molar-refractivity contribution is -0.118. The Hall–Kier alpha value is -4.46. The summed E-state index contributed by atoms with van der Waals surface area (Å²) in [6, 6.07) is 17.3. The summed E-state index contributed by atoms with van der Waals surface area (Å²) in [7, 11) is 4.59. The molecule has 1 amide bonds. The maximum Gasteiger partial charge on any atom is 0.262 e. The summed E-state index contributed by atoms with van der Waals surface area (Å²) in [6.07, 6.45) is 3.15. The molecule has 0 unspecified atom stereocenters. The van der Waals surface area contributed by atoms with Gasteiger partial charge in [0.1, 0.15) is 5.75 Å². The number of ether oxygens (including phenoxy) is 5. The number of hydrogen-bond donors (Lipinski definition) is 1. The Morgan fingerprint density at radius 1 is 0.778 bits per heavy atom. The molecule has 0 saturated heterocycles. The Balaban J connectivity index is 1.68. The Morgan fingerprint density at radius 2 is 1.50 bits per heavy atom. The van der Waals surface area contributed by atoms with Crippen molar-refractivity contribution >= 4 is 23.5 Å². The molecule has 0 aromatic heterocycles. The van der Waals surface area contributed by atoms with Gasteiger partial charge in [0.15, 0.2) is 35.4 Å². The molecule has 0 radical (unpaired) electrons. The molecule has 3 aromatic rings. The Bertz CT molecular complexity index is 1240. The molecule has 0 atom stereocenters. The van der Waals surface area contributed by atoms with Crippen LogP contribution >= 0.6 is 0 Å². The Kier molecular flexibility index (Phi) is 9.33. The number of nitrogens with one attached hydrogen (secondary N) is 1. The fraction of sp³-hybridized carbons (Fsp3) is 0.214. The van der Waals surface area contributed by atoms with Crippen LogP contribution in [0.2, 0.25) is 0 Å². The quantitative estimate of drug-likeness (QED) is 0.281. The van der Waals surface area contributed by atoms with Crippen LogP contribution in [-0.2, 0) is 4.79 Å². The summed E-state index contributed by atoms with van der Waals surface area (Å²) in [5.74, 6) is 1.92. The van der Waals surface area contributed by atoms with Crippen LogP contribution < -0.4 is 29.0 Å². The molecule has 0 aliphatic rings. The highest BCUT2D eigenvalue weighted by Crippen LogP contribution is 2.30. The van der Waals surface area contributed by atoms with Gasteiger partial charge in [0.05, 0.1) is 33.6 Å². The second-order valence-electron chi connectivity index (χ2n) is 7.44. The maximum absolute atomic E-state index is 12.6. The van der Waals surface area contributed by atoms with E-state index in [-0.39, 0.29) is 18.3 Å². The first-order chi connectivity index (χ1) is 17.5. The lowest BCUT2D eigenvalue weighted by Gasteiger charge is -2.13. The molecule has 0 saturated carbocycles. The number of para-hydroxylation sites is 2. The number of ketones is 1. The van der Waals surface area contributed by atoms with Crippen molar-refractivity contribution in [2.24, 2.45) is 0 Å². The summed E-state index contributed by atoms with van der Waals surface area (Å²) in [5, 5.41) is 2.76. The summed E-state index contributed by atoms with van der Waals surface area (Å²) in [5.41, 5.74) is 1.76. The minimum Gasteiger partial charge on any atom is -0.495 e. The van der Waals surface area contributed by atoms with E-state index in [4.69, 9.17) is 23.7 Å². The van der Waals surface area contributed by atoms with Gasteiger partial charge in [0.2, 0.25) is 0 Å². The number of benzene rings is 3. The van der Waals surface area contributed by atoms with Gasteiger partial charge >= 0.3 is 0 Å². The van der Waals surface area contributed by atoms with Crippen LogP contribution in [0.3, 0.4) is 0 Å². The minimum absolute atomic E-state index is 0.192. The zero-order valence-corrected chi connectivity index (χ0v) is 20.7. The van der Waals surface area contributed by atoms with Gasteiger partial charge in [-0.25, -0.2) is 0 Å². The predicted octanol–water partition coefficient (Wildman–Crippen LogP) is 5.02. The first kappa shape index (κ1) is 26.2. The molecule has 8 heteroatoms. The molecule has 0 aliphatic heterocycles. The summed E-state index contributed by atoms with van der Waals surface area (Å²) >= 11 is 0. The van der Waals surface area contributed by atoms with Crippen molar-refractivity contribution < 1.29 is 33.3 Å². The number of amides is 1. The maximum atomic E-state index is 12.6. The third kappa shape index (κ3) is 6.79. The van der Waals surface area contributed by atoms with Gasteiger partial charge in [-0.2, -0.15) is 0 Å². The second kappa shape index (κ2) is 12.9. The molecule has 0 bridgehead atoms. The highest BCUT2D eigenvalue weighted by atomic mass is 16.5. The highest BCUT2D eigenvalue weighted by molar-refractivity contribution is 6.07. The Morgan fingerprint density at radius 3 is 2.22 bits per heavy atom. The van der Waals surface area contributed by atoms with Crippen LogP contribution in [0.25, 0.3) is 6.08 Å². The standard InChI is InChI=1S/C28H29NO7/c1-5-35-27-16-19(10-13-22(30)20-12-15-24(33-3)26(17-20)34-4)11-14-25(27)36-18-28(31)29-21-8-6-7-9-23(21)32-2/h6-17H,5,18H2,1-4H3,(H,29,31)/b13-10+. The van der Waals surface area contributed by atoms with Gasteiger partial charge in [-0.05, 0) is 61.0 Å². The molecule has 8 nitrogen and oxygen atoms in total. The smallest absolute Gasteiger partial charge is 0.262 e. The lowest BCUT2D eigenvalue weighted by atomic mass is 10.1. The first-order valence-electron chi connectivity index (χ1n) is 11.3. The monoisotopic (exact) mass is 491 g/mol. The lowest BCUT2D eigenvalue weighted by Crippen LogP contribution is -2.20. The number of carbonyl (C=O) groups is 2. The van der Waals surface area contributed by atoms with E-state index in [0.29, 0.717) is 46.6 Å². The van der Waals surface area contributed by atoms with E-state index < -0.39 is 0 Å². The van der Waals surface area contributed by atoms with E-state index in [9.17, 15) is 9.59 Å². The molecule has 0 fully saturated rings. The fourth-order valence-corrected chi connectivity index (χ4v) is 3.35. The van der Waals surface area contributed by atoms with Crippen molar-refractivity contribution in [1.82, 2.24) is 0 Å². The van der Waals surface area contributed by atoms with E-state index in [2.05, 4.69) is 5.32 Å². The zero-order chi connectivity index (χ0) is 25.9. The van der Waals surface area contributed by atoms with Crippen molar-refractivity contribution in [3.63, 3.8) is 0 Å². The third-order valence-electron chi connectivity index (χ3n) is 5.10. The van der Waals surface area contributed by atoms with E-state index in [1.54, 1.807) is 60.7 Å². The number of hydrogen-bond acceptors (Lipinski definition) is 7. The first-order valence-corrected chi connectivity index (χ1v) is 11.3. The van der Waals surface area contributed by atoms with Crippen molar-refractivity contribution in [1.29, 1.82) is 0 Å². The number of methoxy groups -OCH3 is 3. The highest BCUT2D eigenvalue weighted by Gasteiger charge is 2.12. The van der Waals surface area contributed by atoms with Crippen LogP contribution in [-0.4, -0.2) is 46.2 Å². The van der Waals surface area contributed by atoms with Crippen molar-refractivity contribution in [2.45, 2.75) is 6.92 Å². The Labute approximate surface area is 210 Å². The normalized spacial score (nSPS) is 10.6. The number of anilines is 1. The molecule has 0 spiro atoms. The van der Waals surface area contributed by atoms with Gasteiger partial charge in [0.25, 0.3) is 5.91 Å². The molecule has 0 aliphatic carbocycles. The fourth-order valence-electron chi connectivity index (χ4n) is 3.35. The van der Waals surface area contributed by atoms with Gasteiger partial charge in [-0.3, -0.25) is 9.59 Å². The molecule has 3 aromatic carbocycles. The summed E-state index contributed by atoms with van der Waals surface area (Å²) in [6.45, 7) is 2.04. The van der Waals surface area contributed by atoms with E-state index in [0.717, 1.165) is 5.56 Å². The van der Waals surface area contributed by atoms with Crippen LogP contribution in [0.15, 0.2) is 66.7 Å². The van der Waals surface area contributed by atoms with E-state index in [1.807, 2.05) is 13.0 Å². The van der Waals surface area contributed by atoms with Crippen LogP contribution in [0.1, 0.15) is 22.8 Å². The molecular weight excluding hydrogens is 462 g/mol. The molecule has 1 N–H and O–H groups in total. The number of carbonyl (C=O) groups excluding carboxylic acids is 2.